The van der Waals surface area contributed by atoms with Gasteiger partial charge in [-0.1, -0.05) is 6.58 Å². The van der Waals surface area contributed by atoms with Crippen LogP contribution in [-0.4, -0.2) is 31.1 Å². The number of alkyl halides is 2. The minimum Gasteiger partial charge on any atom is -0.357 e. The molecule has 0 aromatic carbocycles. The number of rotatable bonds is 6. The summed E-state index contributed by atoms with van der Waals surface area (Å²) in [6, 6.07) is 0.922. The van der Waals surface area contributed by atoms with Gasteiger partial charge in [0, 0.05) is 44.2 Å². The first kappa shape index (κ1) is 16.4. The van der Waals surface area contributed by atoms with Crippen LogP contribution in [0.3, 0.4) is 0 Å². The van der Waals surface area contributed by atoms with Crippen LogP contribution in [0.5, 0.6) is 0 Å². The molecule has 0 N–H and O–H groups in total. The predicted molar refractivity (Wildman–Crippen MR) is 85.4 cm³/mol. The molecule has 2 unspecified atom stereocenters. The van der Waals surface area contributed by atoms with E-state index >= 15 is 0 Å². The lowest BCUT2D eigenvalue weighted by Crippen LogP contribution is -2.31. The summed E-state index contributed by atoms with van der Waals surface area (Å²) < 4.78 is 29.5. The quantitative estimate of drug-likeness (QED) is 0.762. The number of aromatic nitrogens is 3. The Morgan fingerprint density at radius 3 is 2.83 bits per heavy atom. The molecule has 2 heterocycles. The third-order valence-corrected chi connectivity index (χ3v) is 4.38. The Kier molecular flexibility index (Phi) is 4.03. The fraction of sp³-hybridized carbons (Fsp3) is 0.412. The number of carbonyl (C=O) groups excluding carboxylic acids is 1. The monoisotopic (exact) mass is 334 g/mol. The second kappa shape index (κ2) is 5.89. The molecule has 5 nitrogen and oxygen atoms in total. The third kappa shape index (κ3) is 3.11. The Morgan fingerprint density at radius 1 is 1.58 bits per heavy atom. The summed E-state index contributed by atoms with van der Waals surface area (Å²) in [7, 11) is 1.91. The molecule has 128 valence electrons. The van der Waals surface area contributed by atoms with Gasteiger partial charge in [-0.25, -0.2) is 8.78 Å². The van der Waals surface area contributed by atoms with E-state index in [-0.39, 0.29) is 18.4 Å². The topological polar surface area (TPSA) is 43.1 Å². The lowest BCUT2D eigenvalue weighted by Gasteiger charge is -2.27. The van der Waals surface area contributed by atoms with Crippen LogP contribution < -0.4 is 0 Å². The van der Waals surface area contributed by atoms with Crippen LogP contribution >= 0.6 is 0 Å². The van der Waals surface area contributed by atoms with Gasteiger partial charge in [0.25, 0.3) is 5.92 Å². The maximum absolute atomic E-state index is 13.1. The van der Waals surface area contributed by atoms with Gasteiger partial charge in [-0.3, -0.25) is 9.48 Å². The van der Waals surface area contributed by atoms with Gasteiger partial charge >= 0.3 is 0 Å². The van der Waals surface area contributed by atoms with Gasteiger partial charge in [0.1, 0.15) is 6.04 Å². The van der Waals surface area contributed by atoms with E-state index in [4.69, 9.17) is 0 Å². The fourth-order valence-electron chi connectivity index (χ4n) is 2.79. The highest BCUT2D eigenvalue weighted by molar-refractivity contribution is 5.87. The Hall–Kier alpha value is -2.44. The van der Waals surface area contributed by atoms with E-state index in [0.717, 1.165) is 11.1 Å². The normalized spacial score (nSPS) is 19.8. The zero-order chi connectivity index (χ0) is 17.5. The number of hydrogen-bond donors (Lipinski definition) is 0. The van der Waals surface area contributed by atoms with Crippen LogP contribution in [0.15, 0.2) is 43.5 Å². The van der Waals surface area contributed by atoms with Crippen molar-refractivity contribution in [3.05, 3.63) is 54.6 Å². The maximum atomic E-state index is 13.1. The summed E-state index contributed by atoms with van der Waals surface area (Å²) in [5.41, 5.74) is 1.71. The van der Waals surface area contributed by atoms with E-state index in [2.05, 4.69) is 11.7 Å². The van der Waals surface area contributed by atoms with Gasteiger partial charge in [-0.15, -0.1) is 0 Å². The summed E-state index contributed by atoms with van der Waals surface area (Å²) in [5, 5.41) is 4.02. The first-order chi connectivity index (χ1) is 11.3. The lowest BCUT2D eigenvalue weighted by atomic mass is 10.1. The van der Waals surface area contributed by atoms with Crippen molar-refractivity contribution >= 4 is 5.91 Å². The predicted octanol–water partition coefficient (Wildman–Crippen LogP) is 3.08. The molecule has 2 aromatic rings. The highest BCUT2D eigenvalue weighted by Gasteiger charge is 2.59. The van der Waals surface area contributed by atoms with Crippen molar-refractivity contribution in [3.63, 3.8) is 0 Å². The SMILES string of the molecule is C=CC(=O)N(Cc1cnn(C2CC2(F)F)c1)C(C)c1ccn(C)c1. The molecule has 2 aromatic heterocycles. The summed E-state index contributed by atoms with van der Waals surface area (Å²) in [5.74, 6) is -2.88. The molecule has 3 rings (SSSR count). The molecule has 24 heavy (non-hydrogen) atoms. The molecule has 1 fully saturated rings. The lowest BCUT2D eigenvalue weighted by molar-refractivity contribution is -0.128. The average Bonchev–Trinajstić information content (AvgIpc) is 2.93. The van der Waals surface area contributed by atoms with Gasteiger partial charge in [0.15, 0.2) is 0 Å². The summed E-state index contributed by atoms with van der Waals surface area (Å²) >= 11 is 0. The molecule has 1 aliphatic carbocycles. The molecule has 1 amide bonds. The van der Waals surface area contributed by atoms with Crippen molar-refractivity contribution < 1.29 is 13.6 Å². The smallest absolute Gasteiger partial charge is 0.272 e. The molecule has 0 bridgehead atoms. The minimum atomic E-state index is -2.67. The number of aryl methyl sites for hydroxylation is 1. The van der Waals surface area contributed by atoms with Crippen LogP contribution in [0.2, 0.25) is 0 Å². The second-order valence-corrected chi connectivity index (χ2v) is 6.27. The molecule has 1 aliphatic rings. The highest BCUT2D eigenvalue weighted by Crippen LogP contribution is 2.52. The number of halogens is 2. The van der Waals surface area contributed by atoms with Gasteiger partial charge in [-0.2, -0.15) is 5.10 Å². The zero-order valence-electron chi connectivity index (χ0n) is 13.7. The molecule has 0 spiro atoms. The van der Waals surface area contributed by atoms with E-state index in [1.54, 1.807) is 11.1 Å². The molecule has 0 radical (unpaired) electrons. The summed E-state index contributed by atoms with van der Waals surface area (Å²) in [6.45, 7) is 5.77. The van der Waals surface area contributed by atoms with Crippen molar-refractivity contribution in [1.82, 2.24) is 19.2 Å². The molecule has 7 heteroatoms. The van der Waals surface area contributed by atoms with Crippen molar-refractivity contribution in [2.24, 2.45) is 7.05 Å². The molecule has 1 saturated carbocycles. The van der Waals surface area contributed by atoms with E-state index in [9.17, 15) is 13.6 Å². The van der Waals surface area contributed by atoms with E-state index in [1.807, 2.05) is 37.0 Å². The fourth-order valence-corrected chi connectivity index (χ4v) is 2.79. The van der Waals surface area contributed by atoms with Crippen molar-refractivity contribution in [2.75, 3.05) is 0 Å². The molecule has 0 saturated heterocycles. The van der Waals surface area contributed by atoms with Gasteiger partial charge in [0.05, 0.1) is 12.2 Å². The van der Waals surface area contributed by atoms with E-state index in [0.29, 0.717) is 6.54 Å². The van der Waals surface area contributed by atoms with Crippen molar-refractivity contribution in [2.45, 2.75) is 37.9 Å². The van der Waals surface area contributed by atoms with Crippen LogP contribution in [-0.2, 0) is 18.4 Å². The first-order valence-electron chi connectivity index (χ1n) is 7.77. The Morgan fingerprint density at radius 2 is 2.29 bits per heavy atom. The van der Waals surface area contributed by atoms with Crippen LogP contribution in [0, 0.1) is 0 Å². The third-order valence-electron chi connectivity index (χ3n) is 4.38. The molecule has 0 aliphatic heterocycles. The first-order valence-corrected chi connectivity index (χ1v) is 7.77. The average molecular weight is 334 g/mol. The van der Waals surface area contributed by atoms with E-state index in [1.165, 1.54) is 17.0 Å². The second-order valence-electron chi connectivity index (χ2n) is 6.27. The maximum Gasteiger partial charge on any atom is 0.272 e. The standard InChI is InChI=1S/C17H20F2N4O/c1-4-16(24)22(12(2)14-5-6-21(3)11-14)9-13-8-20-23(10-13)15-7-17(15,18)19/h4-6,8,10-12,15H,1,7,9H2,2-3H3. The Balaban J connectivity index is 1.77. The van der Waals surface area contributed by atoms with Gasteiger partial charge in [0.2, 0.25) is 5.91 Å². The number of nitrogens with zero attached hydrogens (tertiary/aromatic N) is 4. The van der Waals surface area contributed by atoms with Crippen LogP contribution in [0.25, 0.3) is 0 Å². The van der Waals surface area contributed by atoms with Crippen LogP contribution in [0.1, 0.15) is 36.6 Å². The molecular formula is C17H20F2N4O. The van der Waals surface area contributed by atoms with E-state index < -0.39 is 12.0 Å². The Labute approximate surface area is 139 Å². The highest BCUT2D eigenvalue weighted by atomic mass is 19.3. The van der Waals surface area contributed by atoms with Gasteiger partial charge < -0.3 is 9.47 Å². The summed E-state index contributed by atoms with van der Waals surface area (Å²) in [6.07, 6.45) is 8.07. The minimum absolute atomic E-state index is 0.164. The summed E-state index contributed by atoms with van der Waals surface area (Å²) in [4.78, 5) is 13.9. The van der Waals surface area contributed by atoms with Gasteiger partial charge in [-0.05, 0) is 24.6 Å². The zero-order valence-corrected chi connectivity index (χ0v) is 13.7. The largest absolute Gasteiger partial charge is 0.357 e. The molecular weight excluding hydrogens is 314 g/mol. The number of hydrogen-bond acceptors (Lipinski definition) is 2. The molecule has 2 atom stereocenters. The van der Waals surface area contributed by atoms with Crippen molar-refractivity contribution in [3.8, 4) is 0 Å². The van der Waals surface area contributed by atoms with Crippen LogP contribution in [0.4, 0.5) is 8.78 Å². The Bertz CT molecular complexity index is 764. The van der Waals surface area contributed by atoms with Crippen molar-refractivity contribution in [1.29, 1.82) is 0 Å². The number of amides is 1. The number of carbonyl (C=O) groups is 1.